The van der Waals surface area contributed by atoms with E-state index in [0.29, 0.717) is 18.5 Å². The zero-order valence-electron chi connectivity index (χ0n) is 20.5. The number of aromatic nitrogens is 2. The number of non-ortho nitro benzene ring substituents is 1. The highest BCUT2D eigenvalue weighted by Gasteiger charge is 2.24. The molecule has 1 unspecified atom stereocenters. The van der Waals surface area contributed by atoms with Gasteiger partial charge in [0.1, 0.15) is 5.82 Å². The molecular formula is C30H25FN4O3. The Hall–Kier alpha value is -4.85. The van der Waals surface area contributed by atoms with Gasteiger partial charge in [0.15, 0.2) is 0 Å². The lowest BCUT2D eigenvalue weighted by atomic mass is 9.88. The Kier molecular flexibility index (Phi) is 7.21. The van der Waals surface area contributed by atoms with E-state index in [-0.39, 0.29) is 23.8 Å². The molecule has 0 aliphatic rings. The Morgan fingerprint density at radius 3 is 2.47 bits per heavy atom. The minimum absolute atomic E-state index is 0.0323. The average molecular weight is 509 g/mol. The number of rotatable bonds is 9. The van der Waals surface area contributed by atoms with Crippen LogP contribution in [-0.4, -0.2) is 20.4 Å². The maximum absolute atomic E-state index is 13.8. The minimum Gasteiger partial charge on any atom is -0.352 e. The van der Waals surface area contributed by atoms with E-state index in [1.54, 1.807) is 42.7 Å². The Bertz CT molecular complexity index is 1570. The van der Waals surface area contributed by atoms with Gasteiger partial charge in [-0.05, 0) is 46.5 Å². The lowest BCUT2D eigenvalue weighted by Gasteiger charge is -2.17. The van der Waals surface area contributed by atoms with E-state index in [9.17, 15) is 19.3 Å². The van der Waals surface area contributed by atoms with Crippen LogP contribution in [0.25, 0.3) is 10.9 Å². The number of nitro benzene ring substituents is 1. The van der Waals surface area contributed by atoms with Crippen molar-refractivity contribution in [2.75, 3.05) is 0 Å². The van der Waals surface area contributed by atoms with Gasteiger partial charge in [-0.15, -0.1) is 0 Å². The highest BCUT2D eigenvalue weighted by atomic mass is 19.1. The Labute approximate surface area is 218 Å². The van der Waals surface area contributed by atoms with Crippen molar-refractivity contribution in [2.24, 2.45) is 0 Å². The number of benzene rings is 3. The van der Waals surface area contributed by atoms with Crippen molar-refractivity contribution in [3.63, 3.8) is 0 Å². The van der Waals surface area contributed by atoms with Crippen molar-refractivity contribution < 1.29 is 14.1 Å². The van der Waals surface area contributed by atoms with Crippen molar-refractivity contribution in [1.29, 1.82) is 0 Å². The summed E-state index contributed by atoms with van der Waals surface area (Å²) in [4.78, 5) is 28.4. The van der Waals surface area contributed by atoms with E-state index in [0.717, 1.165) is 27.8 Å². The molecule has 38 heavy (non-hydrogen) atoms. The molecule has 0 radical (unpaired) electrons. The van der Waals surface area contributed by atoms with Crippen LogP contribution in [0.5, 0.6) is 0 Å². The van der Waals surface area contributed by atoms with E-state index in [1.165, 1.54) is 18.2 Å². The molecule has 1 atom stereocenters. The summed E-state index contributed by atoms with van der Waals surface area (Å²) < 4.78 is 15.8. The molecule has 1 amide bonds. The van der Waals surface area contributed by atoms with Crippen molar-refractivity contribution in [2.45, 2.75) is 25.4 Å². The number of pyridine rings is 1. The van der Waals surface area contributed by atoms with Gasteiger partial charge >= 0.3 is 0 Å². The second kappa shape index (κ2) is 11.0. The number of halogens is 1. The van der Waals surface area contributed by atoms with Crippen LogP contribution in [0.4, 0.5) is 10.1 Å². The molecule has 5 aromatic rings. The number of nitro groups is 1. The first-order valence-corrected chi connectivity index (χ1v) is 12.2. The first-order chi connectivity index (χ1) is 18.5. The largest absolute Gasteiger partial charge is 0.352 e. The molecule has 0 aliphatic carbocycles. The summed E-state index contributed by atoms with van der Waals surface area (Å²) in [6, 6.07) is 24.4. The van der Waals surface area contributed by atoms with Gasteiger partial charge in [0.2, 0.25) is 5.91 Å². The molecule has 2 heterocycles. The van der Waals surface area contributed by atoms with Crippen molar-refractivity contribution in [1.82, 2.24) is 14.9 Å². The Morgan fingerprint density at radius 2 is 1.76 bits per heavy atom. The van der Waals surface area contributed by atoms with Crippen LogP contribution in [0.3, 0.4) is 0 Å². The third-order valence-electron chi connectivity index (χ3n) is 6.55. The lowest BCUT2D eigenvalue weighted by Crippen LogP contribution is -2.25. The molecule has 5 rings (SSSR count). The lowest BCUT2D eigenvalue weighted by molar-refractivity contribution is -0.384. The number of nitrogens with zero attached hydrogens (tertiary/aromatic N) is 3. The normalized spacial score (nSPS) is 11.8. The van der Waals surface area contributed by atoms with Crippen molar-refractivity contribution in [3.05, 3.63) is 142 Å². The fourth-order valence-corrected chi connectivity index (χ4v) is 4.68. The molecule has 2 aromatic heterocycles. The number of carbonyl (C=O) groups excluding carboxylic acids is 1. The predicted octanol–water partition coefficient (Wildman–Crippen LogP) is 5.97. The summed E-state index contributed by atoms with van der Waals surface area (Å²) in [5.41, 5.74) is 4.24. The van der Waals surface area contributed by atoms with Gasteiger partial charge in [0.05, 0.1) is 4.92 Å². The number of fused-ring (bicyclic) bond motifs is 1. The fourth-order valence-electron chi connectivity index (χ4n) is 4.68. The van der Waals surface area contributed by atoms with E-state index in [1.807, 2.05) is 47.2 Å². The number of hydrogen-bond donors (Lipinski definition) is 1. The van der Waals surface area contributed by atoms with Gasteiger partial charge in [0, 0.05) is 67.1 Å². The quantitative estimate of drug-likeness (QED) is 0.196. The Morgan fingerprint density at radius 1 is 1.00 bits per heavy atom. The second-order valence-corrected chi connectivity index (χ2v) is 9.10. The molecule has 0 aliphatic heterocycles. The number of hydrogen-bond acceptors (Lipinski definition) is 4. The predicted molar refractivity (Wildman–Crippen MR) is 143 cm³/mol. The van der Waals surface area contributed by atoms with Crippen LogP contribution in [-0.2, 0) is 17.9 Å². The maximum atomic E-state index is 13.8. The van der Waals surface area contributed by atoms with E-state index >= 15 is 0 Å². The molecule has 0 spiro atoms. The van der Waals surface area contributed by atoms with Crippen LogP contribution in [0.1, 0.15) is 34.6 Å². The summed E-state index contributed by atoms with van der Waals surface area (Å²) in [5, 5.41) is 15.2. The van der Waals surface area contributed by atoms with Gasteiger partial charge < -0.3 is 9.88 Å². The first kappa shape index (κ1) is 24.8. The van der Waals surface area contributed by atoms with Crippen LogP contribution in [0, 0.1) is 15.9 Å². The smallest absolute Gasteiger partial charge is 0.270 e. The summed E-state index contributed by atoms with van der Waals surface area (Å²) in [5.74, 6) is -1.03. The van der Waals surface area contributed by atoms with Crippen molar-refractivity contribution in [3.8, 4) is 0 Å². The molecular weight excluding hydrogens is 483 g/mol. The molecule has 0 saturated heterocycles. The third kappa shape index (κ3) is 5.59. The van der Waals surface area contributed by atoms with Crippen molar-refractivity contribution >= 4 is 22.5 Å². The zero-order chi connectivity index (χ0) is 26.5. The fraction of sp³-hybridized carbons (Fsp3) is 0.133. The van der Waals surface area contributed by atoms with Gasteiger partial charge in [-0.1, -0.05) is 48.5 Å². The zero-order valence-corrected chi connectivity index (χ0v) is 20.5. The molecule has 0 fully saturated rings. The minimum atomic E-state index is -0.453. The van der Waals surface area contributed by atoms with Gasteiger partial charge in [-0.25, -0.2) is 4.39 Å². The first-order valence-electron chi connectivity index (χ1n) is 12.2. The second-order valence-electron chi connectivity index (χ2n) is 9.10. The number of carbonyl (C=O) groups is 1. The molecule has 8 heteroatoms. The van der Waals surface area contributed by atoms with E-state index in [4.69, 9.17) is 0 Å². The summed E-state index contributed by atoms with van der Waals surface area (Å²) in [6.45, 7) is 0.878. The standard InChI is InChI=1S/C30H25FN4O3/c31-24-10-8-23(9-11-24)26(16-30(36)33-18-22-7-4-14-32-17-22)28-20-34(19-21-5-2-1-3-6-21)29-13-12-25(35(37)38)15-27(28)29/h1-15,17,20,26H,16,18-19H2,(H,33,36). The van der Waals surface area contributed by atoms with E-state index < -0.39 is 10.8 Å². The number of nitrogens with one attached hydrogen (secondary N) is 1. The summed E-state index contributed by atoms with van der Waals surface area (Å²) >= 11 is 0. The highest BCUT2D eigenvalue weighted by Crippen LogP contribution is 2.37. The molecule has 190 valence electrons. The van der Waals surface area contributed by atoms with Crippen LogP contribution < -0.4 is 5.32 Å². The molecule has 3 aromatic carbocycles. The van der Waals surface area contributed by atoms with Gasteiger partial charge in [-0.3, -0.25) is 19.9 Å². The topological polar surface area (TPSA) is 90.1 Å². The SMILES string of the molecule is O=C(CC(c1ccc(F)cc1)c1cn(Cc2ccccc2)c2ccc([N+](=O)[O-])cc12)NCc1cccnc1. The summed E-state index contributed by atoms with van der Waals surface area (Å²) in [7, 11) is 0. The molecule has 7 nitrogen and oxygen atoms in total. The third-order valence-corrected chi connectivity index (χ3v) is 6.55. The highest BCUT2D eigenvalue weighted by molar-refractivity contribution is 5.88. The Balaban J connectivity index is 1.56. The number of amides is 1. The monoisotopic (exact) mass is 508 g/mol. The molecule has 0 bridgehead atoms. The van der Waals surface area contributed by atoms with Crippen LogP contribution in [0.2, 0.25) is 0 Å². The van der Waals surface area contributed by atoms with Crippen LogP contribution >= 0.6 is 0 Å². The maximum Gasteiger partial charge on any atom is 0.270 e. The van der Waals surface area contributed by atoms with Gasteiger partial charge in [-0.2, -0.15) is 0 Å². The summed E-state index contributed by atoms with van der Waals surface area (Å²) in [6.07, 6.45) is 5.39. The molecule has 0 saturated carbocycles. The van der Waals surface area contributed by atoms with Crippen LogP contribution in [0.15, 0.2) is 104 Å². The average Bonchev–Trinajstić information content (AvgIpc) is 3.29. The molecule has 1 N–H and O–H groups in total. The van der Waals surface area contributed by atoms with Gasteiger partial charge in [0.25, 0.3) is 5.69 Å². The van der Waals surface area contributed by atoms with E-state index in [2.05, 4.69) is 10.3 Å².